The van der Waals surface area contributed by atoms with Gasteiger partial charge in [0.1, 0.15) is 0 Å². The molecule has 0 spiro atoms. The summed E-state index contributed by atoms with van der Waals surface area (Å²) in [6.07, 6.45) is 8.08. The van der Waals surface area contributed by atoms with Gasteiger partial charge in [0, 0.05) is 34.9 Å². The predicted octanol–water partition coefficient (Wildman–Crippen LogP) is 6.32. The number of para-hydroxylation sites is 1. The highest BCUT2D eigenvalue weighted by Gasteiger charge is 2.14. The van der Waals surface area contributed by atoms with Crippen molar-refractivity contribution in [2.45, 2.75) is 0 Å². The highest BCUT2D eigenvalue weighted by Crippen LogP contribution is 2.39. The molecule has 0 saturated heterocycles. The number of ether oxygens (including phenoxy) is 4. The minimum atomic E-state index is -0.548. The van der Waals surface area contributed by atoms with Gasteiger partial charge in [0.25, 0.3) is 0 Å². The molecule has 37 heavy (non-hydrogen) atoms. The third kappa shape index (κ3) is 5.43. The number of halogens is 1. The van der Waals surface area contributed by atoms with Crippen LogP contribution in [0.25, 0.3) is 23.1 Å². The predicted molar refractivity (Wildman–Crippen MR) is 143 cm³/mol. The molecule has 1 heterocycles. The van der Waals surface area contributed by atoms with Crippen molar-refractivity contribution >= 4 is 34.5 Å². The van der Waals surface area contributed by atoms with Crippen LogP contribution in [0.15, 0.2) is 67.0 Å². The smallest absolute Gasteiger partial charge is 0.203 e. The van der Waals surface area contributed by atoms with E-state index in [2.05, 4.69) is 10.3 Å². The zero-order chi connectivity index (χ0) is 26.4. The minimum absolute atomic E-state index is 0.0362. The average molecular weight is 503 g/mol. The molecule has 8 heteroatoms. The van der Waals surface area contributed by atoms with Crippen LogP contribution < -0.4 is 24.3 Å². The topological polar surface area (TPSA) is 81.8 Å². The number of H-pyrrole nitrogens is 1. The van der Waals surface area contributed by atoms with E-state index in [9.17, 15) is 9.18 Å². The number of carbonyl (C=O) groups excluding carboxylic acids is 1. The van der Waals surface area contributed by atoms with E-state index in [0.717, 1.165) is 16.5 Å². The molecule has 7 nitrogen and oxygen atoms in total. The molecule has 0 amide bonds. The standard InChI is InChI=1S/C29H27FN2O5/c1-34-26-15-19(16-27(35-2)29(26)37-4)10-9-18-13-22(30)28(36-3)24(14-18)31-12-11-25(33)21-17-32-23-8-6-5-7-20(21)23/h5-17,31-32H,1-4H3/b10-9?,12-11-. The average Bonchev–Trinajstić information content (AvgIpc) is 3.35. The lowest BCUT2D eigenvalue weighted by Gasteiger charge is -2.13. The van der Waals surface area contributed by atoms with E-state index in [4.69, 9.17) is 18.9 Å². The van der Waals surface area contributed by atoms with Gasteiger partial charge in [-0.15, -0.1) is 0 Å². The minimum Gasteiger partial charge on any atom is -0.493 e. The first kappa shape index (κ1) is 25.4. The summed E-state index contributed by atoms with van der Waals surface area (Å²) in [7, 11) is 6.00. The highest BCUT2D eigenvalue weighted by atomic mass is 19.1. The molecule has 3 aromatic carbocycles. The molecule has 0 saturated carbocycles. The van der Waals surface area contributed by atoms with Crippen LogP contribution in [0.3, 0.4) is 0 Å². The van der Waals surface area contributed by atoms with Gasteiger partial charge in [-0.2, -0.15) is 0 Å². The van der Waals surface area contributed by atoms with Crippen LogP contribution in [0.2, 0.25) is 0 Å². The Labute approximate surface area is 214 Å². The Bertz CT molecular complexity index is 1460. The van der Waals surface area contributed by atoms with Gasteiger partial charge in [0.05, 0.1) is 34.1 Å². The summed E-state index contributed by atoms with van der Waals surface area (Å²) in [5.41, 5.74) is 3.14. The van der Waals surface area contributed by atoms with Crippen LogP contribution in [-0.4, -0.2) is 39.2 Å². The molecular formula is C29H27FN2O5. The maximum Gasteiger partial charge on any atom is 0.203 e. The molecule has 0 radical (unpaired) electrons. The summed E-state index contributed by atoms with van der Waals surface area (Å²) in [4.78, 5) is 15.8. The number of nitrogens with one attached hydrogen (secondary N) is 2. The van der Waals surface area contributed by atoms with Crippen molar-refractivity contribution in [3.05, 3.63) is 89.5 Å². The van der Waals surface area contributed by atoms with Gasteiger partial charge in [0.15, 0.2) is 28.8 Å². The second-order valence-corrected chi connectivity index (χ2v) is 7.97. The molecule has 0 aliphatic carbocycles. The Morgan fingerprint density at radius 1 is 0.865 bits per heavy atom. The number of ketones is 1. The number of fused-ring (bicyclic) bond motifs is 1. The van der Waals surface area contributed by atoms with E-state index in [0.29, 0.717) is 34.1 Å². The van der Waals surface area contributed by atoms with Crippen molar-refractivity contribution < 1.29 is 28.1 Å². The maximum absolute atomic E-state index is 14.8. The molecule has 2 N–H and O–H groups in total. The number of aromatic amines is 1. The number of hydrogen-bond donors (Lipinski definition) is 2. The molecule has 4 rings (SSSR count). The number of allylic oxidation sites excluding steroid dienone is 1. The fourth-order valence-electron chi connectivity index (χ4n) is 3.99. The molecule has 190 valence electrons. The lowest BCUT2D eigenvalue weighted by Crippen LogP contribution is -1.99. The van der Waals surface area contributed by atoms with Gasteiger partial charge in [-0.25, -0.2) is 4.39 Å². The van der Waals surface area contributed by atoms with E-state index in [1.807, 2.05) is 24.3 Å². The molecule has 0 aliphatic rings. The molecule has 0 unspecified atom stereocenters. The van der Waals surface area contributed by atoms with Gasteiger partial charge in [0.2, 0.25) is 5.75 Å². The summed E-state index contributed by atoms with van der Waals surface area (Å²) in [5, 5.41) is 3.80. The van der Waals surface area contributed by atoms with Crippen molar-refractivity contribution in [3.63, 3.8) is 0 Å². The Kier molecular flexibility index (Phi) is 7.78. The van der Waals surface area contributed by atoms with E-state index in [1.165, 1.54) is 32.6 Å². The van der Waals surface area contributed by atoms with Gasteiger partial charge in [-0.05, 0) is 41.5 Å². The summed E-state index contributed by atoms with van der Waals surface area (Å²) >= 11 is 0. The summed E-state index contributed by atoms with van der Waals surface area (Å²) in [6.45, 7) is 0. The number of methoxy groups -OCH3 is 4. The number of aromatic nitrogens is 1. The lowest BCUT2D eigenvalue weighted by molar-refractivity contribution is 0.104. The van der Waals surface area contributed by atoms with Crippen LogP contribution in [0.1, 0.15) is 21.5 Å². The van der Waals surface area contributed by atoms with E-state index in [1.54, 1.807) is 50.8 Å². The SMILES string of the molecule is COc1cc(C=Cc2cc(F)c(OC)c(N/C=C\C(=O)c3c[nH]c4ccccc34)c2)cc(OC)c1OC. The van der Waals surface area contributed by atoms with Gasteiger partial charge in [-0.3, -0.25) is 4.79 Å². The summed E-state index contributed by atoms with van der Waals surface area (Å²) in [5.74, 6) is 0.799. The first-order chi connectivity index (χ1) is 18.0. The van der Waals surface area contributed by atoms with Crippen molar-refractivity contribution in [1.82, 2.24) is 4.98 Å². The molecule has 4 aromatic rings. The quantitative estimate of drug-likeness (QED) is 0.150. The molecule has 1 aromatic heterocycles. The number of anilines is 1. The fourth-order valence-corrected chi connectivity index (χ4v) is 3.99. The number of hydrogen-bond acceptors (Lipinski definition) is 6. The molecule has 0 bridgehead atoms. The van der Waals surface area contributed by atoms with Crippen LogP contribution in [-0.2, 0) is 0 Å². The molecule has 0 fully saturated rings. The normalized spacial score (nSPS) is 11.3. The van der Waals surface area contributed by atoms with Crippen molar-refractivity contribution in [3.8, 4) is 23.0 Å². The van der Waals surface area contributed by atoms with Crippen LogP contribution in [0.5, 0.6) is 23.0 Å². The zero-order valence-corrected chi connectivity index (χ0v) is 20.9. The van der Waals surface area contributed by atoms with Gasteiger partial charge < -0.3 is 29.2 Å². The van der Waals surface area contributed by atoms with Gasteiger partial charge >= 0.3 is 0 Å². The Morgan fingerprint density at radius 2 is 1.51 bits per heavy atom. The van der Waals surface area contributed by atoms with Crippen LogP contribution in [0, 0.1) is 5.82 Å². The van der Waals surface area contributed by atoms with E-state index < -0.39 is 5.82 Å². The third-order valence-corrected chi connectivity index (χ3v) is 5.75. The fraction of sp³-hybridized carbons (Fsp3) is 0.138. The van der Waals surface area contributed by atoms with Crippen molar-refractivity contribution in [2.24, 2.45) is 0 Å². The monoisotopic (exact) mass is 502 g/mol. The maximum atomic E-state index is 14.8. The highest BCUT2D eigenvalue weighted by molar-refractivity contribution is 6.13. The Hall–Kier alpha value is -4.72. The summed E-state index contributed by atoms with van der Waals surface area (Å²) < 4.78 is 36.2. The third-order valence-electron chi connectivity index (χ3n) is 5.75. The number of rotatable bonds is 10. The second kappa shape index (κ2) is 11.3. The first-order valence-corrected chi connectivity index (χ1v) is 11.4. The van der Waals surface area contributed by atoms with Crippen LogP contribution in [0.4, 0.5) is 10.1 Å². The van der Waals surface area contributed by atoms with Crippen molar-refractivity contribution in [2.75, 3.05) is 33.8 Å². The molecular weight excluding hydrogens is 475 g/mol. The zero-order valence-electron chi connectivity index (χ0n) is 20.9. The Morgan fingerprint density at radius 3 is 2.16 bits per heavy atom. The van der Waals surface area contributed by atoms with E-state index in [-0.39, 0.29) is 11.5 Å². The Balaban J connectivity index is 1.57. The number of carbonyl (C=O) groups is 1. The summed E-state index contributed by atoms with van der Waals surface area (Å²) in [6, 6.07) is 14.2. The first-order valence-electron chi connectivity index (χ1n) is 11.4. The lowest BCUT2D eigenvalue weighted by atomic mass is 10.1. The largest absolute Gasteiger partial charge is 0.493 e. The number of benzene rings is 3. The van der Waals surface area contributed by atoms with Crippen LogP contribution >= 0.6 is 0 Å². The molecule has 0 aliphatic heterocycles. The molecule has 0 atom stereocenters. The van der Waals surface area contributed by atoms with E-state index >= 15 is 0 Å². The van der Waals surface area contributed by atoms with Gasteiger partial charge in [-0.1, -0.05) is 30.4 Å². The van der Waals surface area contributed by atoms with Crippen molar-refractivity contribution in [1.29, 1.82) is 0 Å². The second-order valence-electron chi connectivity index (χ2n) is 7.97.